The number of rotatable bonds is 4. The van der Waals surface area contributed by atoms with Crippen LogP contribution in [0.3, 0.4) is 0 Å². The van der Waals surface area contributed by atoms with Gasteiger partial charge in [0.2, 0.25) is 0 Å². The molecule has 0 N–H and O–H groups in total. The van der Waals surface area contributed by atoms with E-state index in [4.69, 9.17) is 0 Å². The molecule has 0 nitrogen and oxygen atoms in total. The first-order valence-electron chi connectivity index (χ1n) is 5.69. The largest absolute Gasteiger partial charge is 0.0613 e. The molecule has 1 radical (unpaired) electrons. The SMILES string of the molecule is [CH2]Cc1c(CC)cc(CC)cc1CC. The minimum atomic E-state index is 0.927. The predicted molar refractivity (Wildman–Crippen MR) is 63.6 cm³/mol. The van der Waals surface area contributed by atoms with Crippen LogP contribution >= 0.6 is 0 Å². The quantitative estimate of drug-likeness (QED) is 0.676. The van der Waals surface area contributed by atoms with E-state index in [1.54, 1.807) is 0 Å². The molecule has 14 heavy (non-hydrogen) atoms. The van der Waals surface area contributed by atoms with Gasteiger partial charge in [-0.05, 0) is 54.9 Å². The Labute approximate surface area is 88.4 Å². The van der Waals surface area contributed by atoms with Crippen LogP contribution in [0.5, 0.6) is 0 Å². The van der Waals surface area contributed by atoms with Crippen LogP contribution < -0.4 is 0 Å². The average molecular weight is 189 g/mol. The smallest absolute Gasteiger partial charge is 0.0273 e. The maximum atomic E-state index is 4.03. The van der Waals surface area contributed by atoms with Gasteiger partial charge in [0, 0.05) is 0 Å². The molecule has 0 bridgehead atoms. The van der Waals surface area contributed by atoms with Gasteiger partial charge in [-0.2, -0.15) is 0 Å². The van der Waals surface area contributed by atoms with Gasteiger partial charge in [-0.15, -0.1) is 0 Å². The standard InChI is InChI=1S/C14H21/c1-5-11-9-12(6-2)14(8-4)13(7-3)10-11/h9-10H,4-8H2,1-3H3. The second-order valence-electron chi connectivity index (χ2n) is 3.70. The lowest BCUT2D eigenvalue weighted by atomic mass is 9.92. The van der Waals surface area contributed by atoms with Crippen molar-refractivity contribution in [1.29, 1.82) is 0 Å². The fourth-order valence-electron chi connectivity index (χ4n) is 2.03. The van der Waals surface area contributed by atoms with Gasteiger partial charge in [-0.1, -0.05) is 32.9 Å². The first kappa shape index (κ1) is 11.3. The maximum absolute atomic E-state index is 4.03. The van der Waals surface area contributed by atoms with Crippen molar-refractivity contribution in [2.24, 2.45) is 0 Å². The van der Waals surface area contributed by atoms with E-state index in [-0.39, 0.29) is 0 Å². The molecule has 1 aromatic carbocycles. The normalized spacial score (nSPS) is 10.6. The molecule has 0 saturated carbocycles. The van der Waals surface area contributed by atoms with Gasteiger partial charge in [0.15, 0.2) is 0 Å². The zero-order valence-electron chi connectivity index (χ0n) is 9.69. The van der Waals surface area contributed by atoms with Gasteiger partial charge in [0.1, 0.15) is 0 Å². The Morgan fingerprint density at radius 1 is 0.929 bits per heavy atom. The Bertz CT molecular complexity index is 272. The van der Waals surface area contributed by atoms with Crippen molar-refractivity contribution in [1.82, 2.24) is 0 Å². The summed E-state index contributed by atoms with van der Waals surface area (Å²) in [6.07, 6.45) is 4.32. The van der Waals surface area contributed by atoms with E-state index in [1.165, 1.54) is 22.3 Å². The summed E-state index contributed by atoms with van der Waals surface area (Å²) < 4.78 is 0. The van der Waals surface area contributed by atoms with Crippen LogP contribution in [0.4, 0.5) is 0 Å². The molecule has 0 aromatic heterocycles. The Morgan fingerprint density at radius 2 is 1.43 bits per heavy atom. The second kappa shape index (κ2) is 5.19. The van der Waals surface area contributed by atoms with Crippen LogP contribution in [0.15, 0.2) is 12.1 Å². The summed E-state index contributed by atoms with van der Waals surface area (Å²) in [5.41, 5.74) is 5.94. The average Bonchev–Trinajstić information content (AvgIpc) is 2.26. The van der Waals surface area contributed by atoms with Crippen molar-refractivity contribution in [2.75, 3.05) is 0 Å². The molecule has 0 spiro atoms. The van der Waals surface area contributed by atoms with Crippen molar-refractivity contribution >= 4 is 0 Å². The molecule has 0 aliphatic heterocycles. The van der Waals surface area contributed by atoms with E-state index >= 15 is 0 Å². The monoisotopic (exact) mass is 189 g/mol. The predicted octanol–water partition coefficient (Wildman–Crippen LogP) is 3.75. The van der Waals surface area contributed by atoms with Gasteiger partial charge in [0.05, 0.1) is 0 Å². The van der Waals surface area contributed by atoms with Crippen molar-refractivity contribution < 1.29 is 0 Å². The zero-order valence-corrected chi connectivity index (χ0v) is 9.69. The van der Waals surface area contributed by atoms with E-state index in [2.05, 4.69) is 39.8 Å². The third-order valence-electron chi connectivity index (χ3n) is 2.91. The summed E-state index contributed by atoms with van der Waals surface area (Å²) in [5.74, 6) is 0. The number of hydrogen-bond acceptors (Lipinski definition) is 0. The van der Waals surface area contributed by atoms with E-state index in [0.717, 1.165) is 25.7 Å². The van der Waals surface area contributed by atoms with Gasteiger partial charge >= 0.3 is 0 Å². The zero-order chi connectivity index (χ0) is 10.6. The van der Waals surface area contributed by atoms with E-state index < -0.39 is 0 Å². The van der Waals surface area contributed by atoms with E-state index in [0.29, 0.717) is 0 Å². The van der Waals surface area contributed by atoms with Crippen LogP contribution in [0, 0.1) is 6.92 Å². The third-order valence-corrected chi connectivity index (χ3v) is 2.91. The summed E-state index contributed by atoms with van der Waals surface area (Å²) in [6.45, 7) is 10.7. The summed E-state index contributed by atoms with van der Waals surface area (Å²) in [5, 5.41) is 0. The first-order valence-corrected chi connectivity index (χ1v) is 5.69. The molecule has 0 atom stereocenters. The summed E-state index contributed by atoms with van der Waals surface area (Å²) in [4.78, 5) is 0. The van der Waals surface area contributed by atoms with Crippen molar-refractivity contribution in [3.05, 3.63) is 41.3 Å². The molecule has 0 heterocycles. The fraction of sp³-hybridized carbons (Fsp3) is 0.500. The molecular formula is C14H21. The number of hydrogen-bond donors (Lipinski definition) is 0. The van der Waals surface area contributed by atoms with Crippen LogP contribution in [0.25, 0.3) is 0 Å². The molecule has 1 aromatic rings. The summed E-state index contributed by atoms with van der Waals surface area (Å²) in [7, 11) is 0. The first-order chi connectivity index (χ1) is 6.76. The van der Waals surface area contributed by atoms with Crippen molar-refractivity contribution in [2.45, 2.75) is 46.5 Å². The fourth-order valence-corrected chi connectivity index (χ4v) is 2.03. The van der Waals surface area contributed by atoms with Gasteiger partial charge in [0.25, 0.3) is 0 Å². The van der Waals surface area contributed by atoms with Crippen LogP contribution in [-0.2, 0) is 25.7 Å². The summed E-state index contributed by atoms with van der Waals surface area (Å²) >= 11 is 0. The molecule has 0 fully saturated rings. The van der Waals surface area contributed by atoms with Gasteiger partial charge < -0.3 is 0 Å². The molecule has 1 rings (SSSR count). The number of aryl methyl sites for hydroxylation is 3. The number of benzene rings is 1. The minimum Gasteiger partial charge on any atom is -0.0613 e. The lowest BCUT2D eigenvalue weighted by Crippen LogP contribution is -2.00. The minimum absolute atomic E-state index is 0.927. The molecule has 0 heteroatoms. The Kier molecular flexibility index (Phi) is 4.19. The molecule has 0 aliphatic rings. The Morgan fingerprint density at radius 3 is 1.71 bits per heavy atom. The molecule has 0 unspecified atom stereocenters. The lowest BCUT2D eigenvalue weighted by Gasteiger charge is -2.13. The van der Waals surface area contributed by atoms with Crippen LogP contribution in [-0.4, -0.2) is 0 Å². The van der Waals surface area contributed by atoms with Crippen LogP contribution in [0.1, 0.15) is 43.0 Å². The van der Waals surface area contributed by atoms with Crippen molar-refractivity contribution in [3.63, 3.8) is 0 Å². The molecular weight excluding hydrogens is 168 g/mol. The van der Waals surface area contributed by atoms with Gasteiger partial charge in [-0.25, -0.2) is 0 Å². The van der Waals surface area contributed by atoms with Gasteiger partial charge in [-0.3, -0.25) is 0 Å². The van der Waals surface area contributed by atoms with Crippen LogP contribution in [0.2, 0.25) is 0 Å². The highest BCUT2D eigenvalue weighted by molar-refractivity contribution is 5.40. The third kappa shape index (κ3) is 2.17. The van der Waals surface area contributed by atoms with E-state index in [9.17, 15) is 0 Å². The van der Waals surface area contributed by atoms with E-state index in [1.807, 2.05) is 0 Å². The molecule has 77 valence electrons. The highest BCUT2D eigenvalue weighted by atomic mass is 14.1. The lowest BCUT2D eigenvalue weighted by molar-refractivity contribution is 0.988. The maximum Gasteiger partial charge on any atom is -0.0273 e. The highest BCUT2D eigenvalue weighted by Gasteiger charge is 2.06. The topological polar surface area (TPSA) is 0 Å². The Balaban J connectivity index is 3.24. The molecule has 0 amide bonds. The molecule has 0 aliphatic carbocycles. The summed E-state index contributed by atoms with van der Waals surface area (Å²) in [6, 6.07) is 4.69. The Hall–Kier alpha value is -0.780. The second-order valence-corrected chi connectivity index (χ2v) is 3.70. The molecule has 0 saturated heterocycles. The van der Waals surface area contributed by atoms with Crippen molar-refractivity contribution in [3.8, 4) is 0 Å². The highest BCUT2D eigenvalue weighted by Crippen LogP contribution is 2.20.